The van der Waals surface area contributed by atoms with Gasteiger partial charge < -0.3 is 10.0 Å². The predicted octanol–water partition coefficient (Wildman–Crippen LogP) is 0.355. The molecule has 0 radical (unpaired) electrons. The third kappa shape index (κ3) is 2.83. The summed E-state index contributed by atoms with van der Waals surface area (Å²) in [6.45, 7) is 3.64. The maximum absolute atomic E-state index is 8.44. The third-order valence-corrected chi connectivity index (χ3v) is 0.933. The zero-order chi connectivity index (χ0) is 6.57. The van der Waals surface area contributed by atoms with Crippen LogP contribution in [0.3, 0.4) is 0 Å². The molecule has 0 rings (SSSR count). The van der Waals surface area contributed by atoms with E-state index < -0.39 is 7.12 Å². The van der Waals surface area contributed by atoms with E-state index in [-0.39, 0.29) is 0 Å². The molecule has 0 aliphatic heterocycles. The van der Waals surface area contributed by atoms with Crippen molar-refractivity contribution in [1.82, 2.24) is 0 Å². The van der Waals surface area contributed by atoms with Crippen LogP contribution in [0.1, 0.15) is 20.3 Å². The first-order valence-corrected chi connectivity index (χ1v) is 2.71. The fourth-order valence-corrected chi connectivity index (χ4v) is 0.427. The van der Waals surface area contributed by atoms with Crippen molar-refractivity contribution in [3.63, 3.8) is 0 Å². The van der Waals surface area contributed by atoms with Gasteiger partial charge in [0.25, 0.3) is 0 Å². The molecule has 0 aromatic heterocycles. The van der Waals surface area contributed by atoms with E-state index in [9.17, 15) is 0 Å². The molecule has 0 aromatic carbocycles. The Labute approximate surface area is 50.0 Å². The lowest BCUT2D eigenvalue weighted by molar-refractivity contribution is 0.419. The van der Waals surface area contributed by atoms with Gasteiger partial charge in [-0.1, -0.05) is 13.0 Å². The van der Waals surface area contributed by atoms with Crippen molar-refractivity contribution in [2.45, 2.75) is 20.3 Å². The van der Waals surface area contributed by atoms with Gasteiger partial charge in [-0.25, -0.2) is 0 Å². The van der Waals surface area contributed by atoms with Crippen LogP contribution in [0, 0.1) is 0 Å². The Balaban J connectivity index is 3.61. The quantitative estimate of drug-likeness (QED) is 0.508. The second-order valence-corrected chi connectivity index (χ2v) is 1.73. The Morgan fingerprint density at radius 2 is 2.12 bits per heavy atom. The number of rotatable bonds is 2. The highest BCUT2D eigenvalue weighted by Crippen LogP contribution is 1.94. The lowest BCUT2D eigenvalue weighted by Gasteiger charge is -1.94. The highest BCUT2D eigenvalue weighted by molar-refractivity contribution is 6.50. The largest absolute Gasteiger partial charge is 0.483 e. The fraction of sp³-hybridized carbons (Fsp3) is 0.600. The molecule has 0 aliphatic carbocycles. The van der Waals surface area contributed by atoms with Crippen LogP contribution in [0.15, 0.2) is 11.5 Å². The van der Waals surface area contributed by atoms with Gasteiger partial charge in [0.15, 0.2) is 0 Å². The van der Waals surface area contributed by atoms with E-state index >= 15 is 0 Å². The van der Waals surface area contributed by atoms with Crippen molar-refractivity contribution in [3.8, 4) is 0 Å². The van der Waals surface area contributed by atoms with Crippen LogP contribution in [-0.4, -0.2) is 17.2 Å². The average molecular weight is 114 g/mol. The van der Waals surface area contributed by atoms with Gasteiger partial charge in [0.05, 0.1) is 0 Å². The second kappa shape index (κ2) is 3.69. The molecule has 2 N–H and O–H groups in total. The van der Waals surface area contributed by atoms with Crippen LogP contribution in [-0.2, 0) is 0 Å². The first kappa shape index (κ1) is 7.72. The van der Waals surface area contributed by atoms with E-state index in [4.69, 9.17) is 10.0 Å². The van der Waals surface area contributed by atoms with Crippen LogP contribution >= 0.6 is 0 Å². The summed E-state index contributed by atoms with van der Waals surface area (Å²) in [5, 5.41) is 16.9. The molecule has 0 amide bonds. The Morgan fingerprint density at radius 3 is 2.25 bits per heavy atom. The van der Waals surface area contributed by atoms with Gasteiger partial charge in [-0.15, -0.1) is 0 Å². The minimum Gasteiger partial charge on any atom is -0.423 e. The average Bonchev–Trinajstić information content (AvgIpc) is 1.67. The molecule has 2 nitrogen and oxygen atoms in total. The summed E-state index contributed by atoms with van der Waals surface area (Å²) in [6.07, 6.45) is 2.63. The number of allylic oxidation sites excluding steroid dienone is 2. The fourth-order valence-electron chi connectivity index (χ4n) is 0.427. The molecule has 0 saturated heterocycles. The predicted molar refractivity (Wildman–Crippen MR) is 34.2 cm³/mol. The first-order chi connectivity index (χ1) is 3.68. The molecule has 46 valence electrons. The SMILES string of the molecule is CC/C=C(/C)B(O)O. The highest BCUT2D eigenvalue weighted by Gasteiger charge is 2.06. The first-order valence-electron chi connectivity index (χ1n) is 2.71. The Kier molecular flexibility index (Phi) is 3.57. The maximum Gasteiger partial charge on any atom is 0.483 e. The zero-order valence-electron chi connectivity index (χ0n) is 5.26. The topological polar surface area (TPSA) is 40.5 Å². The molecular formula is C5H11BO2. The molecule has 0 bridgehead atoms. The van der Waals surface area contributed by atoms with E-state index in [0.717, 1.165) is 6.42 Å². The summed E-state index contributed by atoms with van der Waals surface area (Å²) in [5.74, 6) is 0. The second-order valence-electron chi connectivity index (χ2n) is 1.73. The smallest absolute Gasteiger partial charge is 0.423 e. The van der Waals surface area contributed by atoms with Crippen molar-refractivity contribution in [1.29, 1.82) is 0 Å². The molecule has 0 aromatic rings. The molecule has 0 spiro atoms. The Morgan fingerprint density at radius 1 is 1.62 bits per heavy atom. The summed E-state index contributed by atoms with van der Waals surface area (Å²) >= 11 is 0. The van der Waals surface area contributed by atoms with Gasteiger partial charge in [0.1, 0.15) is 0 Å². The third-order valence-electron chi connectivity index (χ3n) is 0.933. The van der Waals surface area contributed by atoms with Crippen molar-refractivity contribution in [2.75, 3.05) is 0 Å². The van der Waals surface area contributed by atoms with E-state index in [0.29, 0.717) is 5.47 Å². The summed E-state index contributed by atoms with van der Waals surface area (Å²) < 4.78 is 0. The van der Waals surface area contributed by atoms with E-state index in [1.54, 1.807) is 13.0 Å². The zero-order valence-corrected chi connectivity index (χ0v) is 5.26. The maximum atomic E-state index is 8.44. The van der Waals surface area contributed by atoms with E-state index in [2.05, 4.69) is 0 Å². The van der Waals surface area contributed by atoms with Gasteiger partial charge in [0.2, 0.25) is 0 Å². The molecule has 0 atom stereocenters. The van der Waals surface area contributed by atoms with Crippen molar-refractivity contribution >= 4 is 7.12 Å². The molecule has 0 saturated carbocycles. The normalized spacial score (nSPS) is 11.8. The number of hydrogen-bond acceptors (Lipinski definition) is 2. The van der Waals surface area contributed by atoms with Crippen molar-refractivity contribution < 1.29 is 10.0 Å². The monoisotopic (exact) mass is 114 g/mol. The van der Waals surface area contributed by atoms with Gasteiger partial charge >= 0.3 is 7.12 Å². The summed E-state index contributed by atoms with van der Waals surface area (Å²) in [6, 6.07) is 0. The van der Waals surface area contributed by atoms with Crippen LogP contribution in [0.25, 0.3) is 0 Å². The highest BCUT2D eigenvalue weighted by atomic mass is 16.4. The van der Waals surface area contributed by atoms with Crippen LogP contribution in [0.2, 0.25) is 0 Å². The Hall–Kier alpha value is -0.275. The molecule has 8 heavy (non-hydrogen) atoms. The minimum atomic E-state index is -1.27. The molecule has 3 heteroatoms. The van der Waals surface area contributed by atoms with Crippen LogP contribution < -0.4 is 0 Å². The standard InChI is InChI=1S/C5H11BO2/c1-3-4-5(2)6(7)8/h4,7-8H,3H2,1-2H3/b5-4-. The minimum absolute atomic E-state index is 0.618. The molecule has 0 heterocycles. The lowest BCUT2D eigenvalue weighted by atomic mass is 9.80. The Bertz CT molecular complexity index is 88.4. The van der Waals surface area contributed by atoms with Gasteiger partial charge in [-0.05, 0) is 18.8 Å². The molecule has 0 unspecified atom stereocenters. The number of hydrogen-bond donors (Lipinski definition) is 2. The van der Waals surface area contributed by atoms with Gasteiger partial charge in [0, 0.05) is 0 Å². The van der Waals surface area contributed by atoms with E-state index in [1.807, 2.05) is 6.92 Å². The molecule has 0 aliphatic rings. The van der Waals surface area contributed by atoms with Gasteiger partial charge in [-0.2, -0.15) is 0 Å². The van der Waals surface area contributed by atoms with Crippen molar-refractivity contribution in [3.05, 3.63) is 11.5 Å². The van der Waals surface area contributed by atoms with E-state index in [1.165, 1.54) is 0 Å². The van der Waals surface area contributed by atoms with Crippen molar-refractivity contribution in [2.24, 2.45) is 0 Å². The summed E-state index contributed by atoms with van der Waals surface area (Å²) in [5.41, 5.74) is 0.618. The molecular weight excluding hydrogens is 103 g/mol. The lowest BCUT2D eigenvalue weighted by Crippen LogP contribution is -2.12. The molecule has 0 fully saturated rings. The van der Waals surface area contributed by atoms with Crippen LogP contribution in [0.5, 0.6) is 0 Å². The van der Waals surface area contributed by atoms with Crippen LogP contribution in [0.4, 0.5) is 0 Å². The summed E-state index contributed by atoms with van der Waals surface area (Å²) in [7, 11) is -1.27. The summed E-state index contributed by atoms with van der Waals surface area (Å²) in [4.78, 5) is 0. The van der Waals surface area contributed by atoms with Gasteiger partial charge in [-0.3, -0.25) is 0 Å².